The van der Waals surface area contributed by atoms with Crippen LogP contribution in [0.3, 0.4) is 0 Å². The van der Waals surface area contributed by atoms with E-state index in [1.807, 2.05) is 6.92 Å². The van der Waals surface area contributed by atoms with E-state index in [2.05, 4.69) is 34.0 Å². The van der Waals surface area contributed by atoms with Crippen LogP contribution in [0.15, 0.2) is 12.4 Å². The van der Waals surface area contributed by atoms with Crippen LogP contribution in [0, 0.1) is 0 Å². The van der Waals surface area contributed by atoms with Crippen LogP contribution < -0.4 is 10.2 Å². The lowest BCUT2D eigenvalue weighted by atomic mass is 10.1. The van der Waals surface area contributed by atoms with Gasteiger partial charge in [0.25, 0.3) is 0 Å². The molecule has 0 radical (unpaired) electrons. The van der Waals surface area contributed by atoms with Gasteiger partial charge in [-0.2, -0.15) is 0 Å². The van der Waals surface area contributed by atoms with Crippen LogP contribution in [0.5, 0.6) is 0 Å². The highest BCUT2D eigenvalue weighted by Gasteiger charge is 2.16. The van der Waals surface area contributed by atoms with E-state index in [0.717, 1.165) is 31.0 Å². The summed E-state index contributed by atoms with van der Waals surface area (Å²) < 4.78 is 0. The van der Waals surface area contributed by atoms with E-state index in [9.17, 15) is 5.11 Å². The van der Waals surface area contributed by atoms with Crippen LogP contribution in [0.4, 0.5) is 11.6 Å². The zero-order chi connectivity index (χ0) is 13.4. The average Bonchev–Trinajstić information content (AvgIpc) is 2.40. The van der Waals surface area contributed by atoms with Gasteiger partial charge in [-0.1, -0.05) is 13.8 Å². The Labute approximate surface area is 109 Å². The van der Waals surface area contributed by atoms with Crippen molar-refractivity contribution in [3.8, 4) is 0 Å². The fourth-order valence-electron chi connectivity index (χ4n) is 2.08. The zero-order valence-electron chi connectivity index (χ0n) is 11.6. The number of hydrogen-bond acceptors (Lipinski definition) is 5. The van der Waals surface area contributed by atoms with Gasteiger partial charge >= 0.3 is 0 Å². The fraction of sp³-hybridized carbons (Fsp3) is 0.692. The molecule has 0 saturated heterocycles. The van der Waals surface area contributed by atoms with Gasteiger partial charge < -0.3 is 15.3 Å². The molecule has 0 saturated carbocycles. The van der Waals surface area contributed by atoms with Gasteiger partial charge in [-0.25, -0.2) is 4.98 Å². The van der Waals surface area contributed by atoms with Gasteiger partial charge in [0.05, 0.1) is 19.0 Å². The second-order valence-corrected chi connectivity index (χ2v) is 4.18. The normalized spacial score (nSPS) is 10.7. The van der Waals surface area contributed by atoms with Crippen molar-refractivity contribution in [2.24, 2.45) is 0 Å². The minimum atomic E-state index is 0.129. The fourth-order valence-corrected chi connectivity index (χ4v) is 2.08. The van der Waals surface area contributed by atoms with Gasteiger partial charge in [0.15, 0.2) is 0 Å². The van der Waals surface area contributed by atoms with Gasteiger partial charge in [0.2, 0.25) is 0 Å². The minimum Gasteiger partial charge on any atom is -0.395 e. The molecule has 0 amide bonds. The van der Waals surface area contributed by atoms with Gasteiger partial charge in [-0.15, -0.1) is 0 Å². The Kier molecular flexibility index (Phi) is 6.43. The Morgan fingerprint density at radius 1 is 1.28 bits per heavy atom. The highest BCUT2D eigenvalue weighted by molar-refractivity contribution is 5.44. The third-order valence-electron chi connectivity index (χ3n) is 3.00. The third kappa shape index (κ3) is 3.84. The number of anilines is 2. The maximum absolute atomic E-state index is 9.21. The number of nitrogens with zero attached hydrogens (tertiary/aromatic N) is 3. The molecular formula is C13H24N4O. The molecule has 1 aromatic heterocycles. The number of nitrogens with one attached hydrogen (secondary N) is 1. The molecule has 0 aliphatic heterocycles. The summed E-state index contributed by atoms with van der Waals surface area (Å²) in [6.07, 6.45) is 5.54. The van der Waals surface area contributed by atoms with Crippen molar-refractivity contribution >= 4 is 11.6 Å². The Balaban J connectivity index is 2.93. The summed E-state index contributed by atoms with van der Waals surface area (Å²) in [5, 5.41) is 12.4. The molecule has 0 aromatic carbocycles. The Hall–Kier alpha value is -1.36. The van der Waals surface area contributed by atoms with E-state index in [1.54, 1.807) is 12.4 Å². The van der Waals surface area contributed by atoms with Crippen LogP contribution in [-0.4, -0.2) is 40.8 Å². The molecule has 1 rings (SSSR count). The van der Waals surface area contributed by atoms with Gasteiger partial charge in [-0.3, -0.25) is 4.98 Å². The third-order valence-corrected chi connectivity index (χ3v) is 3.00. The highest BCUT2D eigenvalue weighted by Crippen LogP contribution is 2.18. The molecule has 0 aliphatic carbocycles. The molecule has 102 valence electrons. The topological polar surface area (TPSA) is 61.3 Å². The standard InChI is InChI=1S/C13H24N4O/c1-4-11(5-2)17(7-8-18)13-10-14-9-12(16-13)15-6-3/h9-11,18H,4-8H2,1-3H3,(H,15,16). The van der Waals surface area contributed by atoms with Crippen molar-refractivity contribution in [3.63, 3.8) is 0 Å². The first-order valence-electron chi connectivity index (χ1n) is 6.70. The Bertz CT molecular complexity index is 342. The lowest BCUT2D eigenvalue weighted by Gasteiger charge is -2.30. The molecule has 2 N–H and O–H groups in total. The predicted octanol–water partition coefficient (Wildman–Crippen LogP) is 1.90. The molecule has 5 nitrogen and oxygen atoms in total. The van der Waals surface area contributed by atoms with E-state index in [0.29, 0.717) is 12.6 Å². The number of rotatable bonds is 8. The van der Waals surface area contributed by atoms with Crippen molar-refractivity contribution in [1.29, 1.82) is 0 Å². The van der Waals surface area contributed by atoms with Gasteiger partial charge in [-0.05, 0) is 19.8 Å². The SMILES string of the molecule is CCNc1cncc(N(CCO)C(CC)CC)n1. The van der Waals surface area contributed by atoms with Crippen molar-refractivity contribution in [3.05, 3.63) is 12.4 Å². The summed E-state index contributed by atoms with van der Waals surface area (Å²) in [7, 11) is 0. The quantitative estimate of drug-likeness (QED) is 0.740. The van der Waals surface area contributed by atoms with Crippen molar-refractivity contribution in [2.75, 3.05) is 29.9 Å². The summed E-state index contributed by atoms with van der Waals surface area (Å²) in [6, 6.07) is 0.392. The minimum absolute atomic E-state index is 0.129. The van der Waals surface area contributed by atoms with Gasteiger partial charge in [0.1, 0.15) is 11.6 Å². The van der Waals surface area contributed by atoms with Crippen LogP contribution >= 0.6 is 0 Å². The van der Waals surface area contributed by atoms with Crippen molar-refractivity contribution in [1.82, 2.24) is 9.97 Å². The van der Waals surface area contributed by atoms with Crippen LogP contribution in [-0.2, 0) is 0 Å². The maximum Gasteiger partial charge on any atom is 0.149 e. The first-order valence-corrected chi connectivity index (χ1v) is 6.70. The van der Waals surface area contributed by atoms with Crippen molar-refractivity contribution < 1.29 is 5.11 Å². The van der Waals surface area contributed by atoms with E-state index < -0.39 is 0 Å². The number of aliphatic hydroxyl groups excluding tert-OH is 1. The van der Waals surface area contributed by atoms with E-state index in [-0.39, 0.29) is 6.61 Å². The highest BCUT2D eigenvalue weighted by atomic mass is 16.3. The molecule has 18 heavy (non-hydrogen) atoms. The second-order valence-electron chi connectivity index (χ2n) is 4.18. The Morgan fingerprint density at radius 3 is 2.56 bits per heavy atom. The first kappa shape index (κ1) is 14.7. The molecule has 5 heteroatoms. The number of aliphatic hydroxyl groups is 1. The molecule has 1 aromatic rings. The molecule has 1 heterocycles. The van der Waals surface area contributed by atoms with E-state index >= 15 is 0 Å². The van der Waals surface area contributed by atoms with Gasteiger partial charge in [0, 0.05) is 19.1 Å². The molecule has 0 bridgehead atoms. The molecule has 0 spiro atoms. The summed E-state index contributed by atoms with van der Waals surface area (Å²) in [5.41, 5.74) is 0. The monoisotopic (exact) mass is 252 g/mol. The summed E-state index contributed by atoms with van der Waals surface area (Å²) in [6.45, 7) is 7.88. The Morgan fingerprint density at radius 2 is 2.00 bits per heavy atom. The summed E-state index contributed by atoms with van der Waals surface area (Å²) in [4.78, 5) is 10.9. The lowest BCUT2D eigenvalue weighted by Crippen LogP contribution is -2.37. The number of aromatic nitrogens is 2. The second kappa shape index (κ2) is 7.87. The van der Waals surface area contributed by atoms with Crippen molar-refractivity contribution in [2.45, 2.75) is 39.7 Å². The molecule has 0 aliphatic rings. The molecular weight excluding hydrogens is 228 g/mol. The molecule has 0 fully saturated rings. The van der Waals surface area contributed by atoms with Crippen LogP contribution in [0.1, 0.15) is 33.6 Å². The van der Waals surface area contributed by atoms with E-state index in [4.69, 9.17) is 0 Å². The van der Waals surface area contributed by atoms with Crippen LogP contribution in [0.2, 0.25) is 0 Å². The number of hydrogen-bond donors (Lipinski definition) is 2. The summed E-state index contributed by atoms with van der Waals surface area (Å²) >= 11 is 0. The summed E-state index contributed by atoms with van der Waals surface area (Å²) in [5.74, 6) is 1.61. The predicted molar refractivity (Wildman–Crippen MR) is 75.0 cm³/mol. The first-order chi connectivity index (χ1) is 8.76. The maximum atomic E-state index is 9.21. The van der Waals surface area contributed by atoms with E-state index in [1.165, 1.54) is 0 Å². The molecule has 0 unspecified atom stereocenters. The van der Waals surface area contributed by atoms with Crippen LogP contribution in [0.25, 0.3) is 0 Å². The zero-order valence-corrected chi connectivity index (χ0v) is 11.6. The smallest absolute Gasteiger partial charge is 0.149 e. The average molecular weight is 252 g/mol. The largest absolute Gasteiger partial charge is 0.395 e. The molecule has 0 atom stereocenters. The lowest BCUT2D eigenvalue weighted by molar-refractivity contribution is 0.295.